The molecule has 0 amide bonds. The van der Waals surface area contributed by atoms with Crippen LogP contribution >= 0.6 is 0 Å². The number of fused-ring (bicyclic) bond motifs is 1. The van der Waals surface area contributed by atoms with E-state index in [9.17, 15) is 18.7 Å². The maximum absolute atomic E-state index is 14.7. The van der Waals surface area contributed by atoms with Crippen LogP contribution in [0.2, 0.25) is 0 Å². The first-order chi connectivity index (χ1) is 17.3. The Kier molecular flexibility index (Phi) is 6.42. The van der Waals surface area contributed by atoms with Crippen molar-refractivity contribution in [2.45, 2.75) is 25.5 Å². The highest BCUT2D eigenvalue weighted by Gasteiger charge is 2.35. The molecule has 0 bridgehead atoms. The van der Waals surface area contributed by atoms with Crippen LogP contribution in [-0.4, -0.2) is 52.3 Å². The van der Waals surface area contributed by atoms with Gasteiger partial charge in [0.05, 0.1) is 24.3 Å². The van der Waals surface area contributed by atoms with Crippen LogP contribution in [0.25, 0.3) is 27.7 Å². The van der Waals surface area contributed by atoms with Crippen LogP contribution in [0.15, 0.2) is 71.5 Å². The van der Waals surface area contributed by atoms with E-state index in [-0.39, 0.29) is 5.69 Å². The number of rotatable bonds is 5. The van der Waals surface area contributed by atoms with E-state index in [0.717, 1.165) is 22.4 Å². The monoisotopic (exact) mass is 491 g/mol. The molecule has 3 aromatic carbocycles. The fourth-order valence-corrected chi connectivity index (χ4v) is 4.71. The molecule has 4 aromatic rings. The van der Waals surface area contributed by atoms with Crippen LogP contribution in [0.5, 0.6) is 0 Å². The van der Waals surface area contributed by atoms with E-state index in [4.69, 9.17) is 4.74 Å². The smallest absolute Gasteiger partial charge is 0.279 e. The molecule has 1 unspecified atom stereocenters. The van der Waals surface area contributed by atoms with Crippen molar-refractivity contribution in [3.63, 3.8) is 0 Å². The molecule has 1 saturated heterocycles. The number of nitrogens with zero attached hydrogens (tertiary/aromatic N) is 3. The zero-order chi connectivity index (χ0) is 25.4. The molecular formula is C28H27F2N3O3. The number of aliphatic hydroxyl groups excluding tert-OH is 1. The molecule has 1 aromatic heterocycles. The normalized spacial score (nSPS) is 15.8. The van der Waals surface area contributed by atoms with E-state index in [2.05, 4.69) is 5.10 Å². The Morgan fingerprint density at radius 2 is 1.69 bits per heavy atom. The third-order valence-electron chi connectivity index (χ3n) is 6.86. The Labute approximate surface area is 207 Å². The van der Waals surface area contributed by atoms with Gasteiger partial charge in [-0.1, -0.05) is 50.2 Å². The minimum atomic E-state index is -0.880. The van der Waals surface area contributed by atoms with E-state index in [1.165, 1.54) is 6.07 Å². The van der Waals surface area contributed by atoms with Gasteiger partial charge in [0, 0.05) is 35.5 Å². The Morgan fingerprint density at radius 3 is 2.42 bits per heavy atom. The molecule has 6 nitrogen and oxygen atoms in total. The minimum Gasteiger partial charge on any atom is -0.379 e. The number of ether oxygens (including phenoxy) is 1. The van der Waals surface area contributed by atoms with Crippen molar-refractivity contribution in [2.75, 3.05) is 26.3 Å². The van der Waals surface area contributed by atoms with Gasteiger partial charge in [0.15, 0.2) is 5.82 Å². The highest BCUT2D eigenvalue weighted by atomic mass is 19.1. The zero-order valence-corrected chi connectivity index (χ0v) is 20.1. The van der Waals surface area contributed by atoms with E-state index in [1.54, 1.807) is 18.2 Å². The first kappa shape index (κ1) is 24.2. The number of morpholine rings is 1. The fraction of sp³-hybridized carbons (Fsp3) is 0.286. The number of halogens is 2. The summed E-state index contributed by atoms with van der Waals surface area (Å²) < 4.78 is 34.6. The molecule has 1 aliphatic rings. The first-order valence-electron chi connectivity index (χ1n) is 11.9. The average Bonchev–Trinajstić information content (AvgIpc) is 2.89. The summed E-state index contributed by atoms with van der Waals surface area (Å²) in [6, 6.07) is 17.7. The Morgan fingerprint density at radius 1 is 0.972 bits per heavy atom. The van der Waals surface area contributed by atoms with Gasteiger partial charge in [-0.15, -0.1) is 0 Å². The minimum absolute atomic E-state index is 0.132. The molecule has 186 valence electrons. The van der Waals surface area contributed by atoms with Crippen molar-refractivity contribution < 1.29 is 18.6 Å². The van der Waals surface area contributed by atoms with Crippen LogP contribution in [0, 0.1) is 11.6 Å². The molecule has 2 heterocycles. The number of hydrogen-bond donors (Lipinski definition) is 1. The second kappa shape index (κ2) is 9.54. The maximum Gasteiger partial charge on any atom is 0.279 e. The van der Waals surface area contributed by atoms with Crippen LogP contribution in [0.3, 0.4) is 0 Å². The summed E-state index contributed by atoms with van der Waals surface area (Å²) in [4.78, 5) is 15.2. The predicted octanol–water partition coefficient (Wildman–Crippen LogP) is 4.26. The van der Waals surface area contributed by atoms with Gasteiger partial charge in [-0.05, 0) is 29.8 Å². The zero-order valence-electron chi connectivity index (χ0n) is 20.1. The van der Waals surface area contributed by atoms with Crippen molar-refractivity contribution in [2.24, 2.45) is 0 Å². The van der Waals surface area contributed by atoms with Gasteiger partial charge in [0.25, 0.3) is 5.56 Å². The summed E-state index contributed by atoms with van der Waals surface area (Å²) >= 11 is 0. The molecule has 0 radical (unpaired) electrons. The summed E-state index contributed by atoms with van der Waals surface area (Å²) in [7, 11) is 0. The highest BCUT2D eigenvalue weighted by Crippen LogP contribution is 2.33. The number of aromatic nitrogens is 2. The lowest BCUT2D eigenvalue weighted by Crippen LogP contribution is -2.51. The van der Waals surface area contributed by atoms with E-state index >= 15 is 0 Å². The van der Waals surface area contributed by atoms with Gasteiger partial charge >= 0.3 is 0 Å². The van der Waals surface area contributed by atoms with E-state index in [0.29, 0.717) is 48.3 Å². The molecule has 8 heteroatoms. The van der Waals surface area contributed by atoms with Crippen molar-refractivity contribution >= 4 is 10.8 Å². The molecule has 1 fully saturated rings. The first-order valence-corrected chi connectivity index (χ1v) is 11.9. The van der Waals surface area contributed by atoms with Gasteiger partial charge in [0.2, 0.25) is 0 Å². The third-order valence-corrected chi connectivity index (χ3v) is 6.86. The van der Waals surface area contributed by atoms with Crippen molar-refractivity contribution in [3.8, 4) is 16.9 Å². The topological polar surface area (TPSA) is 67.6 Å². The molecule has 1 aliphatic heterocycles. The molecule has 1 atom stereocenters. The summed E-state index contributed by atoms with van der Waals surface area (Å²) in [5.41, 5.74) is 0.817. The van der Waals surface area contributed by atoms with Crippen molar-refractivity contribution in [1.29, 1.82) is 0 Å². The third kappa shape index (κ3) is 4.32. The Bertz CT molecular complexity index is 1480. The summed E-state index contributed by atoms with van der Waals surface area (Å²) in [5.74, 6) is -1.62. The van der Waals surface area contributed by atoms with Crippen molar-refractivity contribution in [1.82, 2.24) is 14.7 Å². The number of benzene rings is 3. The van der Waals surface area contributed by atoms with Crippen LogP contribution in [0.1, 0.15) is 19.4 Å². The molecular weight excluding hydrogens is 464 g/mol. The summed E-state index contributed by atoms with van der Waals surface area (Å²) in [5, 5.41) is 16.7. The van der Waals surface area contributed by atoms with Crippen LogP contribution in [-0.2, 0) is 10.2 Å². The summed E-state index contributed by atoms with van der Waals surface area (Å²) in [6.07, 6.45) is -0.733. The molecule has 0 saturated carbocycles. The lowest BCUT2D eigenvalue weighted by molar-refractivity contribution is -0.0894. The molecule has 36 heavy (non-hydrogen) atoms. The quantitative estimate of drug-likeness (QED) is 0.452. The Balaban J connectivity index is 1.65. The van der Waals surface area contributed by atoms with Crippen molar-refractivity contribution in [3.05, 3.63) is 94.3 Å². The maximum atomic E-state index is 14.7. The predicted molar refractivity (Wildman–Crippen MR) is 134 cm³/mol. The SMILES string of the molecule is CC(C)(c1cccc(-c2nn(-c3ccc(F)cc3F)c(=O)c3ccccc23)c1)C(O)N1CCOCC1. The lowest BCUT2D eigenvalue weighted by Gasteiger charge is -2.40. The Hall–Kier alpha value is -3.46. The lowest BCUT2D eigenvalue weighted by atomic mass is 9.81. The molecule has 1 N–H and O–H groups in total. The molecule has 0 aliphatic carbocycles. The van der Waals surface area contributed by atoms with Gasteiger partial charge in [-0.2, -0.15) is 9.78 Å². The summed E-state index contributed by atoms with van der Waals surface area (Å²) in [6.45, 7) is 6.39. The van der Waals surface area contributed by atoms with Crippen LogP contribution < -0.4 is 5.56 Å². The van der Waals surface area contributed by atoms with Gasteiger partial charge in [-0.3, -0.25) is 9.69 Å². The van der Waals surface area contributed by atoms with E-state index < -0.39 is 28.8 Å². The number of aliphatic hydroxyl groups is 1. The van der Waals surface area contributed by atoms with Crippen LogP contribution in [0.4, 0.5) is 8.78 Å². The fourth-order valence-electron chi connectivity index (χ4n) is 4.71. The number of hydrogen-bond acceptors (Lipinski definition) is 5. The highest BCUT2D eigenvalue weighted by molar-refractivity contribution is 5.94. The largest absolute Gasteiger partial charge is 0.379 e. The van der Waals surface area contributed by atoms with Gasteiger partial charge in [0.1, 0.15) is 17.7 Å². The molecule has 5 rings (SSSR count). The van der Waals surface area contributed by atoms with Gasteiger partial charge < -0.3 is 9.84 Å². The second-order valence-electron chi connectivity index (χ2n) is 9.53. The molecule has 0 spiro atoms. The standard InChI is InChI=1S/C28H27F2N3O3/c1-28(2,27(35)32-12-14-36-15-13-32)19-7-5-6-18(16-19)25-21-8-3-4-9-22(21)26(34)33(31-25)24-11-10-20(29)17-23(24)30/h3-11,16-17,27,35H,12-15H2,1-2H3. The van der Waals surface area contributed by atoms with E-state index in [1.807, 2.05) is 49.1 Å². The average molecular weight is 492 g/mol. The van der Waals surface area contributed by atoms with Gasteiger partial charge in [-0.25, -0.2) is 8.78 Å². The second-order valence-corrected chi connectivity index (χ2v) is 9.53.